The Labute approximate surface area is 142 Å². The number of hydrogen-bond donors (Lipinski definition) is 1. The van der Waals surface area contributed by atoms with Crippen molar-refractivity contribution in [3.05, 3.63) is 39.7 Å². The molecule has 1 aromatic rings. The molecule has 2 atom stereocenters. The molecule has 1 N–H and O–H groups in total. The smallest absolute Gasteiger partial charge is 0.224 e. The van der Waals surface area contributed by atoms with E-state index in [-0.39, 0.29) is 27.6 Å². The minimum Gasteiger partial charge on any atom is -0.355 e. The zero-order valence-corrected chi connectivity index (χ0v) is 14.9. The van der Waals surface area contributed by atoms with Crippen molar-refractivity contribution in [3.8, 4) is 0 Å². The number of rotatable bonds is 5. The van der Waals surface area contributed by atoms with E-state index in [1.165, 1.54) is 5.56 Å². The summed E-state index contributed by atoms with van der Waals surface area (Å²) in [4.78, 5) is 16.8. The molecule has 1 heterocycles. The first-order valence-electron chi connectivity index (χ1n) is 7.46. The Kier molecular flexibility index (Phi) is 5.18. The van der Waals surface area contributed by atoms with Crippen molar-refractivity contribution in [1.82, 2.24) is 10.3 Å². The zero-order chi connectivity index (χ0) is 16.5. The molecule has 0 bridgehead atoms. The SMILES string of the molecule is Cc1cc(C)nc(CCNC(=O)C2C(C=C(Cl)Cl)C2(C)C)c1. The maximum Gasteiger partial charge on any atom is 0.224 e. The first kappa shape index (κ1) is 17.3. The van der Waals surface area contributed by atoms with Crippen LogP contribution in [-0.4, -0.2) is 17.4 Å². The second kappa shape index (κ2) is 6.59. The van der Waals surface area contributed by atoms with Gasteiger partial charge in [-0.2, -0.15) is 0 Å². The van der Waals surface area contributed by atoms with Crippen molar-refractivity contribution in [2.24, 2.45) is 17.3 Å². The molecule has 2 rings (SSSR count). The highest BCUT2D eigenvalue weighted by atomic mass is 35.5. The molecule has 0 saturated heterocycles. The van der Waals surface area contributed by atoms with E-state index < -0.39 is 0 Å². The molecule has 1 aliphatic carbocycles. The Bertz CT molecular complexity index is 586. The number of amides is 1. The van der Waals surface area contributed by atoms with Gasteiger partial charge in [-0.25, -0.2) is 0 Å². The van der Waals surface area contributed by atoms with E-state index in [0.717, 1.165) is 17.8 Å². The zero-order valence-electron chi connectivity index (χ0n) is 13.4. The van der Waals surface area contributed by atoms with Gasteiger partial charge in [0, 0.05) is 24.4 Å². The lowest BCUT2D eigenvalue weighted by molar-refractivity contribution is -0.123. The topological polar surface area (TPSA) is 42.0 Å². The highest BCUT2D eigenvalue weighted by Crippen LogP contribution is 2.59. The molecule has 1 amide bonds. The largest absolute Gasteiger partial charge is 0.355 e. The lowest BCUT2D eigenvalue weighted by Crippen LogP contribution is -2.29. The lowest BCUT2D eigenvalue weighted by atomic mass is 10.1. The van der Waals surface area contributed by atoms with E-state index in [9.17, 15) is 4.79 Å². The number of nitrogens with zero attached hydrogens (tertiary/aromatic N) is 1. The summed E-state index contributed by atoms with van der Waals surface area (Å²) >= 11 is 11.4. The van der Waals surface area contributed by atoms with Crippen LogP contribution in [-0.2, 0) is 11.2 Å². The number of aryl methyl sites for hydroxylation is 2. The van der Waals surface area contributed by atoms with Crippen LogP contribution < -0.4 is 5.32 Å². The molecule has 1 fully saturated rings. The summed E-state index contributed by atoms with van der Waals surface area (Å²) in [6, 6.07) is 4.10. The number of carbonyl (C=O) groups is 1. The summed E-state index contributed by atoms with van der Waals surface area (Å²) in [5, 5.41) is 3.00. The van der Waals surface area contributed by atoms with Crippen molar-refractivity contribution < 1.29 is 4.79 Å². The third-order valence-corrected chi connectivity index (χ3v) is 4.58. The maximum absolute atomic E-state index is 12.3. The highest BCUT2D eigenvalue weighted by Gasteiger charge is 2.60. The summed E-state index contributed by atoms with van der Waals surface area (Å²) in [7, 11) is 0. The molecule has 1 aliphatic rings. The van der Waals surface area contributed by atoms with Crippen LogP contribution in [0.1, 0.15) is 30.8 Å². The van der Waals surface area contributed by atoms with Gasteiger partial charge in [0.15, 0.2) is 0 Å². The second-order valence-electron chi connectivity index (χ2n) is 6.60. The van der Waals surface area contributed by atoms with Crippen molar-refractivity contribution in [3.63, 3.8) is 0 Å². The molecule has 1 saturated carbocycles. The number of halogens is 2. The monoisotopic (exact) mass is 340 g/mol. The number of allylic oxidation sites excluding steroid dienone is 1. The van der Waals surface area contributed by atoms with Gasteiger partial charge in [-0.15, -0.1) is 0 Å². The van der Waals surface area contributed by atoms with E-state index in [0.29, 0.717) is 6.54 Å². The standard InChI is InChI=1S/C17H22Cl2N2O/c1-10-7-11(2)21-12(8-10)5-6-20-16(22)15-13(9-14(18)19)17(15,3)4/h7-9,13,15H,5-6H2,1-4H3,(H,20,22). The highest BCUT2D eigenvalue weighted by molar-refractivity contribution is 6.55. The van der Waals surface area contributed by atoms with Gasteiger partial charge in [0.25, 0.3) is 0 Å². The molecule has 5 heteroatoms. The number of nitrogens with one attached hydrogen (secondary N) is 1. The number of pyridine rings is 1. The number of carbonyl (C=O) groups excluding carboxylic acids is 1. The van der Waals surface area contributed by atoms with Gasteiger partial charge in [0.05, 0.1) is 5.92 Å². The average molecular weight is 341 g/mol. The summed E-state index contributed by atoms with van der Waals surface area (Å²) < 4.78 is 0.229. The van der Waals surface area contributed by atoms with E-state index in [4.69, 9.17) is 23.2 Å². The van der Waals surface area contributed by atoms with Crippen LogP contribution in [0.15, 0.2) is 22.7 Å². The van der Waals surface area contributed by atoms with Crippen LogP contribution in [0.5, 0.6) is 0 Å². The van der Waals surface area contributed by atoms with E-state index in [1.807, 2.05) is 13.0 Å². The van der Waals surface area contributed by atoms with E-state index >= 15 is 0 Å². The first-order chi connectivity index (χ1) is 10.2. The Morgan fingerprint density at radius 1 is 1.36 bits per heavy atom. The second-order valence-corrected chi connectivity index (χ2v) is 7.61. The minimum atomic E-state index is -0.0860. The summed E-state index contributed by atoms with van der Waals surface area (Å²) in [5.41, 5.74) is 3.12. The Morgan fingerprint density at radius 3 is 2.64 bits per heavy atom. The van der Waals surface area contributed by atoms with Crippen LogP contribution >= 0.6 is 23.2 Å². The lowest BCUT2D eigenvalue weighted by Gasteiger charge is -2.07. The summed E-state index contributed by atoms with van der Waals surface area (Å²) in [6.07, 6.45) is 2.50. The van der Waals surface area contributed by atoms with Gasteiger partial charge in [0.1, 0.15) is 4.49 Å². The number of hydrogen-bond acceptors (Lipinski definition) is 2. The summed E-state index contributed by atoms with van der Waals surface area (Å²) in [6.45, 7) is 8.73. The third-order valence-electron chi connectivity index (χ3n) is 4.33. The molecule has 3 nitrogen and oxygen atoms in total. The fourth-order valence-corrected chi connectivity index (χ4v) is 3.37. The quantitative estimate of drug-likeness (QED) is 0.881. The van der Waals surface area contributed by atoms with Crippen LogP contribution in [0.25, 0.3) is 0 Å². The third kappa shape index (κ3) is 4.02. The van der Waals surface area contributed by atoms with Crippen molar-refractivity contribution in [1.29, 1.82) is 0 Å². The predicted molar refractivity (Wildman–Crippen MR) is 91.0 cm³/mol. The van der Waals surface area contributed by atoms with Gasteiger partial charge in [0.2, 0.25) is 5.91 Å². The van der Waals surface area contributed by atoms with Crippen LogP contribution in [0.4, 0.5) is 0 Å². The molecule has 2 unspecified atom stereocenters. The van der Waals surface area contributed by atoms with Gasteiger partial charge in [-0.1, -0.05) is 37.0 Å². The molecular weight excluding hydrogens is 319 g/mol. The molecule has 1 aromatic heterocycles. The molecule has 0 aliphatic heterocycles. The van der Waals surface area contributed by atoms with E-state index in [2.05, 4.69) is 37.1 Å². The van der Waals surface area contributed by atoms with Crippen LogP contribution in [0.2, 0.25) is 0 Å². The molecular formula is C17H22Cl2N2O. The fourth-order valence-electron chi connectivity index (χ4n) is 3.10. The van der Waals surface area contributed by atoms with E-state index in [1.54, 1.807) is 6.08 Å². The Morgan fingerprint density at radius 2 is 2.05 bits per heavy atom. The maximum atomic E-state index is 12.3. The van der Waals surface area contributed by atoms with Crippen LogP contribution in [0, 0.1) is 31.1 Å². The minimum absolute atomic E-state index is 0.0604. The fraction of sp³-hybridized carbons (Fsp3) is 0.529. The Hall–Kier alpha value is -1.06. The molecule has 0 spiro atoms. The van der Waals surface area contributed by atoms with Crippen molar-refractivity contribution in [2.45, 2.75) is 34.1 Å². The van der Waals surface area contributed by atoms with Gasteiger partial charge in [-0.3, -0.25) is 9.78 Å². The number of aromatic nitrogens is 1. The molecule has 22 heavy (non-hydrogen) atoms. The first-order valence-corrected chi connectivity index (χ1v) is 8.22. The Balaban J connectivity index is 1.87. The molecule has 120 valence electrons. The normalized spacial score (nSPS) is 22.1. The predicted octanol–water partition coefficient (Wildman–Crippen LogP) is 3.95. The van der Waals surface area contributed by atoms with Gasteiger partial charge in [-0.05, 0) is 49.0 Å². The van der Waals surface area contributed by atoms with Crippen molar-refractivity contribution in [2.75, 3.05) is 6.54 Å². The van der Waals surface area contributed by atoms with Crippen molar-refractivity contribution >= 4 is 29.1 Å². The molecule has 0 radical (unpaired) electrons. The molecule has 0 aromatic carbocycles. The van der Waals surface area contributed by atoms with Crippen LogP contribution in [0.3, 0.4) is 0 Å². The average Bonchev–Trinajstić information content (AvgIpc) is 2.88. The summed E-state index contributed by atoms with van der Waals surface area (Å²) in [5.74, 6) is 0.106. The van der Waals surface area contributed by atoms with Gasteiger partial charge >= 0.3 is 0 Å². The van der Waals surface area contributed by atoms with Gasteiger partial charge < -0.3 is 5.32 Å².